The second-order valence-corrected chi connectivity index (χ2v) is 6.92. The SMILES string of the molecule is Cc1ccccc1-c1cn[nH]c1C1CCN(Cc2cccnc2)CC1. The molecule has 0 aliphatic carbocycles. The number of aromatic nitrogens is 3. The number of aryl methyl sites for hydroxylation is 1. The molecule has 0 atom stereocenters. The zero-order valence-corrected chi connectivity index (χ0v) is 14.7. The molecule has 1 aromatic carbocycles. The lowest BCUT2D eigenvalue weighted by Gasteiger charge is -2.32. The molecule has 2 aromatic heterocycles. The molecule has 4 rings (SSSR count). The number of aromatic amines is 1. The van der Waals surface area contributed by atoms with Crippen molar-refractivity contribution >= 4 is 0 Å². The summed E-state index contributed by atoms with van der Waals surface area (Å²) >= 11 is 0. The van der Waals surface area contributed by atoms with Crippen molar-refractivity contribution in [1.29, 1.82) is 0 Å². The van der Waals surface area contributed by atoms with Crippen molar-refractivity contribution < 1.29 is 0 Å². The molecule has 0 saturated carbocycles. The van der Waals surface area contributed by atoms with Crippen LogP contribution in [0.1, 0.15) is 35.6 Å². The summed E-state index contributed by atoms with van der Waals surface area (Å²) in [7, 11) is 0. The number of nitrogens with zero attached hydrogens (tertiary/aromatic N) is 3. The van der Waals surface area contributed by atoms with Crippen LogP contribution in [0.25, 0.3) is 11.1 Å². The first-order chi connectivity index (χ1) is 12.3. The molecular formula is C21H24N4. The Morgan fingerprint density at radius 2 is 1.88 bits per heavy atom. The van der Waals surface area contributed by atoms with E-state index >= 15 is 0 Å². The lowest BCUT2D eigenvalue weighted by molar-refractivity contribution is 0.203. The van der Waals surface area contributed by atoms with Crippen LogP contribution >= 0.6 is 0 Å². The molecule has 0 spiro atoms. The highest BCUT2D eigenvalue weighted by Gasteiger charge is 2.24. The number of nitrogens with one attached hydrogen (secondary N) is 1. The van der Waals surface area contributed by atoms with Crippen LogP contribution in [-0.4, -0.2) is 33.2 Å². The summed E-state index contributed by atoms with van der Waals surface area (Å²) < 4.78 is 0. The van der Waals surface area contributed by atoms with Gasteiger partial charge in [0.05, 0.1) is 6.20 Å². The van der Waals surface area contributed by atoms with E-state index in [1.54, 1.807) is 0 Å². The largest absolute Gasteiger partial charge is 0.299 e. The fourth-order valence-corrected chi connectivity index (χ4v) is 3.83. The van der Waals surface area contributed by atoms with Crippen molar-refractivity contribution in [1.82, 2.24) is 20.1 Å². The quantitative estimate of drug-likeness (QED) is 0.780. The van der Waals surface area contributed by atoms with Gasteiger partial charge in [-0.05, 0) is 55.6 Å². The van der Waals surface area contributed by atoms with Gasteiger partial charge in [0.1, 0.15) is 0 Å². The number of piperidine rings is 1. The molecule has 0 bridgehead atoms. The standard InChI is InChI=1S/C21H24N4/c1-16-5-2-3-7-19(16)20-14-23-24-21(20)18-8-11-25(12-9-18)15-17-6-4-10-22-13-17/h2-7,10,13-14,18H,8-9,11-12,15H2,1H3,(H,23,24). The van der Waals surface area contributed by atoms with Crippen molar-refractivity contribution in [2.75, 3.05) is 13.1 Å². The predicted molar refractivity (Wildman–Crippen MR) is 100 cm³/mol. The summed E-state index contributed by atoms with van der Waals surface area (Å²) in [5.74, 6) is 0.558. The number of H-pyrrole nitrogens is 1. The Bertz CT molecular complexity index is 817. The molecule has 0 amide bonds. The highest BCUT2D eigenvalue weighted by Crippen LogP contribution is 2.35. The summed E-state index contributed by atoms with van der Waals surface area (Å²) in [5, 5.41) is 7.64. The smallest absolute Gasteiger partial charge is 0.0568 e. The van der Waals surface area contributed by atoms with Crippen molar-refractivity contribution in [2.24, 2.45) is 0 Å². The van der Waals surface area contributed by atoms with Gasteiger partial charge in [-0.25, -0.2) is 0 Å². The third-order valence-corrected chi connectivity index (χ3v) is 5.23. The maximum atomic E-state index is 4.35. The molecule has 0 radical (unpaired) electrons. The van der Waals surface area contributed by atoms with Crippen LogP contribution in [0.15, 0.2) is 55.0 Å². The molecule has 1 saturated heterocycles. The molecule has 4 heteroatoms. The molecule has 3 heterocycles. The maximum absolute atomic E-state index is 4.35. The minimum Gasteiger partial charge on any atom is -0.299 e. The zero-order chi connectivity index (χ0) is 17.1. The molecule has 1 aliphatic heterocycles. The van der Waals surface area contributed by atoms with Gasteiger partial charge < -0.3 is 0 Å². The molecular weight excluding hydrogens is 308 g/mol. The number of hydrogen-bond donors (Lipinski definition) is 1. The number of pyridine rings is 1. The van der Waals surface area contributed by atoms with E-state index in [4.69, 9.17) is 0 Å². The first-order valence-electron chi connectivity index (χ1n) is 9.02. The molecule has 3 aromatic rings. The third-order valence-electron chi connectivity index (χ3n) is 5.23. The Morgan fingerprint density at radius 3 is 2.64 bits per heavy atom. The van der Waals surface area contributed by atoms with Crippen LogP contribution in [0, 0.1) is 6.92 Å². The van der Waals surface area contributed by atoms with Crippen LogP contribution in [0.4, 0.5) is 0 Å². The topological polar surface area (TPSA) is 44.8 Å². The Hall–Kier alpha value is -2.46. The summed E-state index contributed by atoms with van der Waals surface area (Å²) in [6.45, 7) is 5.40. The van der Waals surface area contributed by atoms with Crippen LogP contribution in [0.2, 0.25) is 0 Å². The Morgan fingerprint density at radius 1 is 1.04 bits per heavy atom. The number of likely N-dealkylation sites (tertiary alicyclic amines) is 1. The van der Waals surface area contributed by atoms with E-state index in [0.717, 1.165) is 19.6 Å². The predicted octanol–water partition coefficient (Wildman–Crippen LogP) is 4.16. The van der Waals surface area contributed by atoms with Gasteiger partial charge in [-0.1, -0.05) is 30.3 Å². The highest BCUT2D eigenvalue weighted by molar-refractivity contribution is 5.69. The second-order valence-electron chi connectivity index (χ2n) is 6.92. The minimum absolute atomic E-state index is 0.558. The molecule has 25 heavy (non-hydrogen) atoms. The van der Waals surface area contributed by atoms with Gasteiger partial charge in [0.2, 0.25) is 0 Å². The van der Waals surface area contributed by atoms with Gasteiger partial charge in [-0.3, -0.25) is 15.0 Å². The molecule has 4 nitrogen and oxygen atoms in total. The number of hydrogen-bond acceptors (Lipinski definition) is 3. The van der Waals surface area contributed by atoms with E-state index in [0.29, 0.717) is 5.92 Å². The average molecular weight is 332 g/mol. The third kappa shape index (κ3) is 3.49. The van der Waals surface area contributed by atoms with Crippen LogP contribution in [-0.2, 0) is 6.54 Å². The first-order valence-corrected chi connectivity index (χ1v) is 9.02. The summed E-state index contributed by atoms with van der Waals surface area (Å²) in [5.41, 5.74) is 6.46. The van der Waals surface area contributed by atoms with Crippen molar-refractivity contribution in [3.8, 4) is 11.1 Å². The van der Waals surface area contributed by atoms with E-state index < -0.39 is 0 Å². The molecule has 1 fully saturated rings. The fraction of sp³-hybridized carbons (Fsp3) is 0.333. The second kappa shape index (κ2) is 7.19. The first kappa shape index (κ1) is 16.0. The number of benzene rings is 1. The van der Waals surface area contributed by atoms with E-state index in [1.165, 1.54) is 40.8 Å². The van der Waals surface area contributed by atoms with Gasteiger partial charge in [0.15, 0.2) is 0 Å². The van der Waals surface area contributed by atoms with Crippen molar-refractivity contribution in [3.05, 3.63) is 71.8 Å². The Kier molecular flexibility index (Phi) is 4.61. The van der Waals surface area contributed by atoms with Gasteiger partial charge in [-0.15, -0.1) is 0 Å². The van der Waals surface area contributed by atoms with Gasteiger partial charge in [0.25, 0.3) is 0 Å². The maximum Gasteiger partial charge on any atom is 0.0568 e. The average Bonchev–Trinajstić information content (AvgIpc) is 3.13. The monoisotopic (exact) mass is 332 g/mol. The number of rotatable bonds is 4. The van der Waals surface area contributed by atoms with Crippen molar-refractivity contribution in [3.63, 3.8) is 0 Å². The van der Waals surface area contributed by atoms with Crippen LogP contribution in [0.3, 0.4) is 0 Å². The van der Waals surface area contributed by atoms with E-state index in [9.17, 15) is 0 Å². The normalized spacial score (nSPS) is 16.2. The van der Waals surface area contributed by atoms with E-state index in [1.807, 2.05) is 24.7 Å². The Balaban J connectivity index is 1.45. The van der Waals surface area contributed by atoms with Crippen LogP contribution in [0.5, 0.6) is 0 Å². The van der Waals surface area contributed by atoms with Crippen LogP contribution < -0.4 is 0 Å². The highest BCUT2D eigenvalue weighted by atomic mass is 15.1. The van der Waals surface area contributed by atoms with E-state index in [-0.39, 0.29) is 0 Å². The lowest BCUT2D eigenvalue weighted by atomic mass is 9.88. The Labute approximate surface area is 148 Å². The van der Waals surface area contributed by atoms with Gasteiger partial charge in [-0.2, -0.15) is 5.10 Å². The summed E-state index contributed by atoms with van der Waals surface area (Å²) in [6, 6.07) is 12.7. The van der Waals surface area contributed by atoms with Crippen molar-refractivity contribution in [2.45, 2.75) is 32.2 Å². The lowest BCUT2D eigenvalue weighted by Crippen LogP contribution is -2.32. The summed E-state index contributed by atoms with van der Waals surface area (Å²) in [6.07, 6.45) is 8.13. The fourth-order valence-electron chi connectivity index (χ4n) is 3.83. The van der Waals surface area contributed by atoms with E-state index in [2.05, 4.69) is 57.3 Å². The minimum atomic E-state index is 0.558. The van der Waals surface area contributed by atoms with Gasteiger partial charge in [0, 0.05) is 36.1 Å². The molecule has 128 valence electrons. The molecule has 0 unspecified atom stereocenters. The zero-order valence-electron chi connectivity index (χ0n) is 14.7. The van der Waals surface area contributed by atoms with Gasteiger partial charge >= 0.3 is 0 Å². The molecule has 1 aliphatic rings. The summed E-state index contributed by atoms with van der Waals surface area (Å²) in [4.78, 5) is 6.74. The molecule has 1 N–H and O–H groups in total.